The lowest BCUT2D eigenvalue weighted by Gasteiger charge is -2.35. The van der Waals surface area contributed by atoms with Crippen LogP contribution in [0.2, 0.25) is 0 Å². The first kappa shape index (κ1) is 13.4. The van der Waals surface area contributed by atoms with E-state index in [0.717, 1.165) is 31.5 Å². The minimum Gasteiger partial charge on any atom is -0.393 e. The molecule has 1 fully saturated rings. The van der Waals surface area contributed by atoms with Crippen LogP contribution in [-0.4, -0.2) is 35.2 Å². The number of hydrogen-bond acceptors (Lipinski definition) is 2. The monoisotopic (exact) mass is 255 g/mol. The van der Waals surface area contributed by atoms with Gasteiger partial charge in [0.1, 0.15) is 0 Å². The normalized spacial score (nSPS) is 25.3. The fraction of sp³-hybridized carbons (Fsp3) is 0.571. The fourth-order valence-electron chi connectivity index (χ4n) is 2.50. The Morgan fingerprint density at radius 2 is 2.11 bits per heavy atom. The minimum absolute atomic E-state index is 0.195. The quantitative estimate of drug-likeness (QED) is 0.896. The van der Waals surface area contributed by atoms with E-state index in [9.17, 15) is 13.9 Å². The number of rotatable bonds is 3. The highest BCUT2D eigenvalue weighted by Gasteiger charge is 2.23. The molecule has 0 aromatic heterocycles. The molecule has 2 unspecified atom stereocenters. The zero-order valence-electron chi connectivity index (χ0n) is 10.6. The van der Waals surface area contributed by atoms with Gasteiger partial charge in [-0.05, 0) is 43.9 Å². The first-order chi connectivity index (χ1) is 8.56. The topological polar surface area (TPSA) is 23.5 Å². The summed E-state index contributed by atoms with van der Waals surface area (Å²) in [4.78, 5) is 2.29. The second kappa shape index (κ2) is 5.76. The molecule has 0 aliphatic carbocycles. The van der Waals surface area contributed by atoms with Crippen LogP contribution in [-0.2, 0) is 6.42 Å². The van der Waals surface area contributed by atoms with Crippen molar-refractivity contribution in [2.75, 3.05) is 13.1 Å². The Bertz CT molecular complexity index is 411. The maximum Gasteiger partial charge on any atom is 0.159 e. The second-order valence-electron chi connectivity index (χ2n) is 5.06. The van der Waals surface area contributed by atoms with Crippen LogP contribution in [0.4, 0.5) is 8.78 Å². The summed E-state index contributed by atoms with van der Waals surface area (Å²) >= 11 is 0. The average Bonchev–Trinajstić information content (AvgIpc) is 2.32. The SMILES string of the molecule is CC1CC(O)CCN1CCc1ccc(F)c(F)c1. The number of benzene rings is 1. The van der Waals surface area contributed by atoms with Crippen LogP contribution in [0.25, 0.3) is 0 Å². The van der Waals surface area contributed by atoms with Gasteiger partial charge in [-0.2, -0.15) is 0 Å². The van der Waals surface area contributed by atoms with Crippen LogP contribution in [0.15, 0.2) is 18.2 Å². The van der Waals surface area contributed by atoms with E-state index in [1.807, 2.05) is 0 Å². The molecule has 2 atom stereocenters. The fourth-order valence-corrected chi connectivity index (χ4v) is 2.50. The van der Waals surface area contributed by atoms with Crippen molar-refractivity contribution in [3.8, 4) is 0 Å². The molecule has 1 N–H and O–H groups in total. The molecule has 100 valence electrons. The Morgan fingerprint density at radius 3 is 2.78 bits per heavy atom. The van der Waals surface area contributed by atoms with Gasteiger partial charge in [-0.25, -0.2) is 8.78 Å². The number of halogens is 2. The molecule has 0 saturated carbocycles. The third-order valence-corrected chi connectivity index (χ3v) is 3.66. The number of nitrogens with zero attached hydrogens (tertiary/aromatic N) is 1. The van der Waals surface area contributed by atoms with Crippen molar-refractivity contribution in [3.05, 3.63) is 35.4 Å². The van der Waals surface area contributed by atoms with E-state index in [2.05, 4.69) is 11.8 Å². The highest BCUT2D eigenvalue weighted by molar-refractivity contribution is 5.18. The summed E-state index contributed by atoms with van der Waals surface area (Å²) in [5, 5.41) is 9.53. The third-order valence-electron chi connectivity index (χ3n) is 3.66. The van der Waals surface area contributed by atoms with Crippen molar-refractivity contribution < 1.29 is 13.9 Å². The summed E-state index contributed by atoms with van der Waals surface area (Å²) in [5.74, 6) is -1.58. The maximum absolute atomic E-state index is 13.1. The Morgan fingerprint density at radius 1 is 1.33 bits per heavy atom. The van der Waals surface area contributed by atoms with Gasteiger partial charge in [0.05, 0.1) is 6.10 Å². The molecular formula is C14H19F2NO. The van der Waals surface area contributed by atoms with Gasteiger partial charge in [0.15, 0.2) is 11.6 Å². The Hall–Kier alpha value is -1.00. The molecule has 2 rings (SSSR count). The largest absolute Gasteiger partial charge is 0.393 e. The molecule has 4 heteroatoms. The van der Waals surface area contributed by atoms with Crippen LogP contribution in [0, 0.1) is 11.6 Å². The van der Waals surface area contributed by atoms with Gasteiger partial charge < -0.3 is 10.0 Å². The van der Waals surface area contributed by atoms with Crippen molar-refractivity contribution >= 4 is 0 Å². The van der Waals surface area contributed by atoms with Crippen molar-refractivity contribution in [3.63, 3.8) is 0 Å². The van der Waals surface area contributed by atoms with E-state index >= 15 is 0 Å². The summed E-state index contributed by atoms with van der Waals surface area (Å²) in [5.41, 5.74) is 0.812. The van der Waals surface area contributed by atoms with Gasteiger partial charge in [0.2, 0.25) is 0 Å². The van der Waals surface area contributed by atoms with Gasteiger partial charge in [0.25, 0.3) is 0 Å². The highest BCUT2D eigenvalue weighted by atomic mass is 19.2. The lowest BCUT2D eigenvalue weighted by Crippen LogP contribution is -2.43. The first-order valence-corrected chi connectivity index (χ1v) is 6.42. The molecule has 1 aliphatic heterocycles. The number of aliphatic hydroxyl groups is 1. The molecule has 0 radical (unpaired) electrons. The molecule has 0 bridgehead atoms. The van der Waals surface area contributed by atoms with Crippen molar-refractivity contribution in [2.24, 2.45) is 0 Å². The average molecular weight is 255 g/mol. The Balaban J connectivity index is 1.89. The molecule has 1 aromatic rings. The maximum atomic E-state index is 13.1. The summed E-state index contributed by atoms with van der Waals surface area (Å²) in [6.45, 7) is 3.78. The molecule has 18 heavy (non-hydrogen) atoms. The molecular weight excluding hydrogens is 236 g/mol. The van der Waals surface area contributed by atoms with E-state index in [4.69, 9.17) is 0 Å². The molecule has 0 amide bonds. The molecule has 1 aromatic carbocycles. The van der Waals surface area contributed by atoms with Gasteiger partial charge in [-0.3, -0.25) is 0 Å². The summed E-state index contributed by atoms with van der Waals surface area (Å²) in [6.07, 6.45) is 2.09. The summed E-state index contributed by atoms with van der Waals surface area (Å²) < 4.78 is 25.8. The predicted octanol–water partition coefficient (Wildman–Crippen LogP) is 2.35. The standard InChI is InChI=1S/C14H19F2NO/c1-10-8-12(18)5-7-17(10)6-4-11-2-3-13(15)14(16)9-11/h2-3,9-10,12,18H,4-8H2,1H3. The summed E-state index contributed by atoms with van der Waals surface area (Å²) in [7, 11) is 0. The van der Waals surface area contributed by atoms with Gasteiger partial charge in [0, 0.05) is 19.1 Å². The third kappa shape index (κ3) is 3.27. The smallest absolute Gasteiger partial charge is 0.159 e. The zero-order valence-corrected chi connectivity index (χ0v) is 10.6. The Kier molecular flexibility index (Phi) is 4.30. The predicted molar refractivity (Wildman–Crippen MR) is 66.3 cm³/mol. The number of piperidine rings is 1. The van der Waals surface area contributed by atoms with Gasteiger partial charge in [-0.1, -0.05) is 6.07 Å². The van der Waals surface area contributed by atoms with Gasteiger partial charge in [-0.15, -0.1) is 0 Å². The molecule has 0 spiro atoms. The lowest BCUT2D eigenvalue weighted by molar-refractivity contribution is 0.0490. The Labute approximate surface area is 106 Å². The van der Waals surface area contributed by atoms with E-state index in [1.54, 1.807) is 6.07 Å². The van der Waals surface area contributed by atoms with Crippen molar-refractivity contribution in [1.29, 1.82) is 0 Å². The first-order valence-electron chi connectivity index (χ1n) is 6.42. The second-order valence-corrected chi connectivity index (χ2v) is 5.06. The molecule has 1 saturated heterocycles. The molecule has 1 aliphatic rings. The van der Waals surface area contributed by atoms with E-state index in [-0.39, 0.29) is 6.10 Å². The lowest BCUT2D eigenvalue weighted by atomic mass is 10.00. The number of aliphatic hydroxyl groups excluding tert-OH is 1. The van der Waals surface area contributed by atoms with Crippen molar-refractivity contribution in [1.82, 2.24) is 4.90 Å². The number of hydrogen-bond donors (Lipinski definition) is 1. The van der Waals surface area contributed by atoms with Crippen LogP contribution >= 0.6 is 0 Å². The van der Waals surface area contributed by atoms with Crippen LogP contribution in [0.5, 0.6) is 0 Å². The summed E-state index contributed by atoms with van der Waals surface area (Å²) in [6, 6.07) is 4.41. The van der Waals surface area contributed by atoms with E-state index < -0.39 is 11.6 Å². The zero-order chi connectivity index (χ0) is 13.1. The van der Waals surface area contributed by atoms with Crippen LogP contribution in [0.1, 0.15) is 25.3 Å². The van der Waals surface area contributed by atoms with Crippen molar-refractivity contribution in [2.45, 2.75) is 38.3 Å². The highest BCUT2D eigenvalue weighted by Crippen LogP contribution is 2.18. The van der Waals surface area contributed by atoms with Gasteiger partial charge >= 0.3 is 0 Å². The minimum atomic E-state index is -0.798. The number of likely N-dealkylation sites (tertiary alicyclic amines) is 1. The molecule has 2 nitrogen and oxygen atoms in total. The van der Waals surface area contributed by atoms with E-state index in [0.29, 0.717) is 12.5 Å². The van der Waals surface area contributed by atoms with E-state index in [1.165, 1.54) is 12.1 Å². The van der Waals surface area contributed by atoms with Crippen LogP contribution < -0.4 is 0 Å². The molecule has 1 heterocycles. The van der Waals surface area contributed by atoms with Crippen LogP contribution in [0.3, 0.4) is 0 Å².